The van der Waals surface area contributed by atoms with E-state index in [1.165, 1.54) is 5.56 Å². The number of benzene rings is 1. The molecule has 2 rings (SSSR count). The van der Waals surface area contributed by atoms with Gasteiger partial charge in [-0.15, -0.1) is 0 Å². The first-order chi connectivity index (χ1) is 11.2. The Morgan fingerprint density at radius 3 is 2.58 bits per heavy atom. The van der Waals surface area contributed by atoms with E-state index >= 15 is 0 Å². The van der Waals surface area contributed by atoms with Crippen molar-refractivity contribution < 1.29 is 9.53 Å². The van der Waals surface area contributed by atoms with Crippen LogP contribution in [-0.4, -0.2) is 42.8 Å². The van der Waals surface area contributed by atoms with E-state index < -0.39 is 5.60 Å². The van der Waals surface area contributed by atoms with E-state index in [1.807, 2.05) is 32.9 Å². The van der Waals surface area contributed by atoms with Crippen molar-refractivity contribution in [3.05, 3.63) is 34.9 Å². The molecule has 1 aliphatic carbocycles. The summed E-state index contributed by atoms with van der Waals surface area (Å²) < 4.78 is 5.41. The topological polar surface area (TPSA) is 41.6 Å². The summed E-state index contributed by atoms with van der Waals surface area (Å²) in [5, 5.41) is 3.84. The van der Waals surface area contributed by atoms with Crippen LogP contribution in [0.1, 0.15) is 51.5 Å². The van der Waals surface area contributed by atoms with Gasteiger partial charge in [-0.25, -0.2) is 4.79 Å². The summed E-state index contributed by atoms with van der Waals surface area (Å²) in [7, 11) is 4.13. The molecule has 1 saturated carbocycles. The van der Waals surface area contributed by atoms with Gasteiger partial charge in [-0.3, -0.25) is 0 Å². The summed E-state index contributed by atoms with van der Waals surface area (Å²) in [6, 6.07) is 8.49. The van der Waals surface area contributed by atoms with Gasteiger partial charge in [0, 0.05) is 17.1 Å². The largest absolute Gasteiger partial charge is 0.444 e. The normalized spacial score (nSPS) is 24.7. The van der Waals surface area contributed by atoms with Gasteiger partial charge in [-0.2, -0.15) is 0 Å². The fourth-order valence-corrected chi connectivity index (χ4v) is 3.61. The van der Waals surface area contributed by atoms with Crippen molar-refractivity contribution in [2.24, 2.45) is 0 Å². The molecular weight excluding hydrogens is 324 g/mol. The van der Waals surface area contributed by atoms with E-state index in [4.69, 9.17) is 16.3 Å². The molecule has 3 atom stereocenters. The van der Waals surface area contributed by atoms with Crippen molar-refractivity contribution in [3.8, 4) is 0 Å². The number of likely N-dealkylation sites (N-methyl/N-ethyl adjacent to an activating group) is 1. The molecule has 0 spiro atoms. The lowest BCUT2D eigenvalue weighted by molar-refractivity contribution is 0.0445. The maximum Gasteiger partial charge on any atom is 0.407 e. The van der Waals surface area contributed by atoms with Crippen LogP contribution in [0.5, 0.6) is 0 Å². The fraction of sp³-hybridized carbons (Fsp3) is 0.632. The minimum Gasteiger partial charge on any atom is -0.444 e. The summed E-state index contributed by atoms with van der Waals surface area (Å²) in [6.07, 6.45) is 2.62. The summed E-state index contributed by atoms with van der Waals surface area (Å²) in [6.45, 7) is 5.64. The monoisotopic (exact) mass is 352 g/mol. The van der Waals surface area contributed by atoms with Crippen molar-refractivity contribution in [2.75, 3.05) is 14.1 Å². The predicted octanol–water partition coefficient (Wildman–Crippen LogP) is 4.43. The Labute approximate surface area is 150 Å². The Morgan fingerprint density at radius 1 is 1.29 bits per heavy atom. The molecule has 0 unspecified atom stereocenters. The average Bonchev–Trinajstić information content (AvgIpc) is 2.45. The van der Waals surface area contributed by atoms with Gasteiger partial charge in [0.1, 0.15) is 5.60 Å². The SMILES string of the molecule is CN(C)[C@H]1C[C@@H](c2cccc(Cl)c2)CC[C@@H]1NC(=O)OC(C)(C)C. The van der Waals surface area contributed by atoms with Crippen LogP contribution < -0.4 is 5.32 Å². The number of rotatable bonds is 3. The Balaban J connectivity index is 2.04. The van der Waals surface area contributed by atoms with E-state index in [2.05, 4.69) is 36.4 Å². The van der Waals surface area contributed by atoms with Crippen LogP contribution >= 0.6 is 11.6 Å². The molecule has 0 aliphatic heterocycles. The van der Waals surface area contributed by atoms with Crippen molar-refractivity contribution in [1.82, 2.24) is 10.2 Å². The molecule has 5 heteroatoms. The van der Waals surface area contributed by atoms with Crippen LogP contribution in [0, 0.1) is 0 Å². The molecule has 24 heavy (non-hydrogen) atoms. The van der Waals surface area contributed by atoms with Crippen molar-refractivity contribution >= 4 is 17.7 Å². The number of carbonyl (C=O) groups is 1. The fourth-order valence-electron chi connectivity index (χ4n) is 3.41. The molecular formula is C19H29ClN2O2. The Hall–Kier alpha value is -1.26. The van der Waals surface area contributed by atoms with Crippen molar-refractivity contribution in [1.29, 1.82) is 0 Å². The zero-order valence-electron chi connectivity index (χ0n) is 15.3. The second-order valence-electron chi connectivity index (χ2n) is 7.85. The van der Waals surface area contributed by atoms with E-state index in [9.17, 15) is 4.79 Å². The van der Waals surface area contributed by atoms with Gasteiger partial charge in [0.2, 0.25) is 0 Å². The molecule has 1 fully saturated rings. The number of hydrogen-bond donors (Lipinski definition) is 1. The van der Waals surface area contributed by atoms with Crippen LogP contribution in [0.3, 0.4) is 0 Å². The molecule has 0 radical (unpaired) electrons. The zero-order valence-corrected chi connectivity index (χ0v) is 16.1. The third-order valence-electron chi connectivity index (χ3n) is 4.50. The lowest BCUT2D eigenvalue weighted by Gasteiger charge is -2.40. The van der Waals surface area contributed by atoms with Crippen LogP contribution in [0.4, 0.5) is 4.79 Å². The van der Waals surface area contributed by atoms with Crippen LogP contribution in [-0.2, 0) is 4.74 Å². The molecule has 1 aromatic carbocycles. The number of amides is 1. The maximum atomic E-state index is 12.1. The Bertz CT molecular complexity index is 569. The summed E-state index contributed by atoms with van der Waals surface area (Å²) in [5.41, 5.74) is 0.806. The van der Waals surface area contributed by atoms with Crippen LogP contribution in [0.2, 0.25) is 5.02 Å². The molecule has 0 heterocycles. The van der Waals surface area contributed by atoms with Gasteiger partial charge in [0.25, 0.3) is 0 Å². The van der Waals surface area contributed by atoms with Gasteiger partial charge in [-0.1, -0.05) is 23.7 Å². The first kappa shape index (κ1) is 19.1. The molecule has 4 nitrogen and oxygen atoms in total. The minimum atomic E-state index is -0.477. The smallest absolute Gasteiger partial charge is 0.407 e. The number of nitrogens with zero attached hydrogens (tertiary/aromatic N) is 1. The Kier molecular flexibility index (Phi) is 6.16. The quantitative estimate of drug-likeness (QED) is 0.874. The molecule has 1 amide bonds. The Morgan fingerprint density at radius 2 is 2.00 bits per heavy atom. The molecule has 0 saturated heterocycles. The highest BCUT2D eigenvalue weighted by Crippen LogP contribution is 2.35. The second kappa shape index (κ2) is 7.75. The highest BCUT2D eigenvalue weighted by Gasteiger charge is 2.34. The standard InChI is InChI=1S/C19H29ClN2O2/c1-19(2,3)24-18(23)21-16-10-9-14(12-17(16)22(4)5)13-7-6-8-15(20)11-13/h6-8,11,14,16-17H,9-10,12H2,1-5H3,(H,21,23)/t14-,16-,17-/m0/s1. The summed E-state index contributed by atoms with van der Waals surface area (Å²) in [4.78, 5) is 14.3. The van der Waals surface area contributed by atoms with E-state index in [0.717, 1.165) is 24.3 Å². The lowest BCUT2D eigenvalue weighted by Crippen LogP contribution is -2.53. The third kappa shape index (κ3) is 5.38. The molecule has 0 bridgehead atoms. The van der Waals surface area contributed by atoms with Gasteiger partial charge in [-0.05, 0) is 77.7 Å². The average molecular weight is 353 g/mol. The highest BCUT2D eigenvalue weighted by molar-refractivity contribution is 6.30. The first-order valence-electron chi connectivity index (χ1n) is 8.57. The summed E-state index contributed by atoms with van der Waals surface area (Å²) in [5.74, 6) is 0.466. The van der Waals surface area contributed by atoms with Crippen LogP contribution in [0.25, 0.3) is 0 Å². The van der Waals surface area contributed by atoms with Gasteiger partial charge >= 0.3 is 6.09 Å². The molecule has 0 aromatic heterocycles. The first-order valence-corrected chi connectivity index (χ1v) is 8.95. The third-order valence-corrected chi connectivity index (χ3v) is 4.74. The maximum absolute atomic E-state index is 12.1. The van der Waals surface area contributed by atoms with Crippen molar-refractivity contribution in [3.63, 3.8) is 0 Å². The predicted molar refractivity (Wildman–Crippen MR) is 98.7 cm³/mol. The molecule has 134 valence electrons. The van der Waals surface area contributed by atoms with Gasteiger partial charge in [0.05, 0.1) is 0 Å². The van der Waals surface area contributed by atoms with E-state index in [1.54, 1.807) is 0 Å². The number of alkyl carbamates (subject to hydrolysis) is 1. The zero-order chi connectivity index (χ0) is 17.9. The number of halogens is 1. The van der Waals surface area contributed by atoms with E-state index in [-0.39, 0.29) is 18.2 Å². The van der Waals surface area contributed by atoms with Gasteiger partial charge < -0.3 is 15.0 Å². The molecule has 1 aliphatic rings. The lowest BCUT2D eigenvalue weighted by atomic mass is 9.78. The number of carbonyl (C=O) groups excluding carboxylic acids is 1. The van der Waals surface area contributed by atoms with Gasteiger partial charge in [0.15, 0.2) is 0 Å². The highest BCUT2D eigenvalue weighted by atomic mass is 35.5. The molecule has 1 aromatic rings. The minimum absolute atomic E-state index is 0.102. The van der Waals surface area contributed by atoms with Crippen LogP contribution in [0.15, 0.2) is 24.3 Å². The van der Waals surface area contributed by atoms with E-state index in [0.29, 0.717) is 5.92 Å². The second-order valence-corrected chi connectivity index (χ2v) is 8.29. The number of ether oxygens (including phenoxy) is 1. The number of hydrogen-bond acceptors (Lipinski definition) is 3. The molecule has 1 N–H and O–H groups in total. The van der Waals surface area contributed by atoms with Crippen molar-refractivity contribution in [2.45, 2.75) is 63.6 Å². The summed E-state index contributed by atoms with van der Waals surface area (Å²) >= 11 is 6.14. The number of nitrogens with one attached hydrogen (secondary N) is 1.